The SMILES string of the molecule is CCC(C)/C=C(C)/C=C/C1=CC2=C(Cl)C(=O)[C@](C)(CC(=O)O)C(=O)C2=CO1. The summed E-state index contributed by atoms with van der Waals surface area (Å²) >= 11 is 6.20. The van der Waals surface area contributed by atoms with E-state index in [1.54, 1.807) is 6.08 Å². The van der Waals surface area contributed by atoms with Crippen LogP contribution in [0.3, 0.4) is 0 Å². The lowest BCUT2D eigenvalue weighted by atomic mass is 9.69. The number of hydrogen-bond donors (Lipinski definition) is 1. The Morgan fingerprint density at radius 3 is 2.63 bits per heavy atom. The molecular weight excluding hydrogens is 368 g/mol. The first-order chi connectivity index (χ1) is 12.6. The van der Waals surface area contributed by atoms with Crippen LogP contribution in [0.4, 0.5) is 0 Å². The molecule has 0 aromatic heterocycles. The highest BCUT2D eigenvalue weighted by Gasteiger charge is 2.50. The fraction of sp³-hybridized carbons (Fsp3) is 0.381. The van der Waals surface area contributed by atoms with Gasteiger partial charge in [-0.3, -0.25) is 14.4 Å². The molecule has 1 aliphatic heterocycles. The average Bonchev–Trinajstić information content (AvgIpc) is 2.62. The van der Waals surface area contributed by atoms with Crippen molar-refractivity contribution < 1.29 is 24.2 Å². The lowest BCUT2D eigenvalue weighted by Crippen LogP contribution is -2.43. The number of rotatable bonds is 6. The van der Waals surface area contributed by atoms with Gasteiger partial charge in [-0.1, -0.05) is 49.6 Å². The van der Waals surface area contributed by atoms with Crippen molar-refractivity contribution in [1.29, 1.82) is 0 Å². The highest BCUT2D eigenvalue weighted by atomic mass is 35.5. The van der Waals surface area contributed by atoms with Gasteiger partial charge >= 0.3 is 5.97 Å². The molecule has 1 N–H and O–H groups in total. The van der Waals surface area contributed by atoms with Crippen molar-refractivity contribution in [1.82, 2.24) is 0 Å². The van der Waals surface area contributed by atoms with E-state index in [0.717, 1.165) is 12.0 Å². The summed E-state index contributed by atoms with van der Waals surface area (Å²) in [6, 6.07) is 0. The fourth-order valence-electron chi connectivity index (χ4n) is 2.95. The third kappa shape index (κ3) is 4.30. The van der Waals surface area contributed by atoms with Gasteiger partial charge in [0.25, 0.3) is 0 Å². The molecule has 0 radical (unpaired) electrons. The molecule has 27 heavy (non-hydrogen) atoms. The number of aliphatic carboxylic acids is 1. The first kappa shape index (κ1) is 20.9. The zero-order valence-corrected chi connectivity index (χ0v) is 16.6. The number of carbonyl (C=O) groups is 3. The number of ketones is 2. The van der Waals surface area contributed by atoms with Crippen LogP contribution in [0, 0.1) is 11.3 Å². The van der Waals surface area contributed by atoms with E-state index >= 15 is 0 Å². The summed E-state index contributed by atoms with van der Waals surface area (Å²) in [5, 5.41) is 8.90. The van der Waals surface area contributed by atoms with E-state index in [4.69, 9.17) is 21.4 Å². The Hall–Kier alpha value is -2.40. The van der Waals surface area contributed by atoms with E-state index in [1.165, 1.54) is 19.3 Å². The van der Waals surface area contributed by atoms with Crippen LogP contribution in [0.25, 0.3) is 0 Å². The molecule has 2 aliphatic rings. The predicted octanol–water partition coefficient (Wildman–Crippen LogP) is 4.46. The molecule has 2 atom stereocenters. The Balaban J connectivity index is 2.36. The molecular formula is C21H23ClO5. The molecule has 1 unspecified atom stereocenters. The van der Waals surface area contributed by atoms with Crippen LogP contribution in [0.5, 0.6) is 0 Å². The summed E-state index contributed by atoms with van der Waals surface area (Å²) in [5.41, 5.74) is -0.275. The Bertz CT molecular complexity index is 841. The summed E-state index contributed by atoms with van der Waals surface area (Å²) in [7, 11) is 0. The lowest BCUT2D eigenvalue weighted by Gasteiger charge is -2.32. The minimum absolute atomic E-state index is 0.118. The van der Waals surface area contributed by atoms with Gasteiger partial charge in [0.05, 0.1) is 17.0 Å². The van der Waals surface area contributed by atoms with Crippen LogP contribution in [0.15, 0.2) is 58.1 Å². The Kier molecular flexibility index (Phi) is 6.26. The van der Waals surface area contributed by atoms with Crippen molar-refractivity contribution >= 4 is 29.1 Å². The second-order valence-electron chi connectivity index (χ2n) is 7.11. The molecule has 0 bridgehead atoms. The van der Waals surface area contributed by atoms with Crippen molar-refractivity contribution in [2.45, 2.75) is 40.5 Å². The molecule has 0 amide bonds. The normalized spacial score (nSPS) is 24.4. The van der Waals surface area contributed by atoms with Gasteiger partial charge in [-0.25, -0.2) is 0 Å². The minimum Gasteiger partial charge on any atom is -0.481 e. The van der Waals surface area contributed by atoms with Crippen molar-refractivity contribution in [2.75, 3.05) is 0 Å². The maximum atomic E-state index is 12.7. The van der Waals surface area contributed by atoms with Crippen molar-refractivity contribution in [3.63, 3.8) is 0 Å². The van der Waals surface area contributed by atoms with Crippen LogP contribution in [-0.2, 0) is 19.1 Å². The van der Waals surface area contributed by atoms with Gasteiger partial charge in [0.1, 0.15) is 17.4 Å². The molecule has 1 aliphatic carbocycles. The topological polar surface area (TPSA) is 80.7 Å². The van der Waals surface area contributed by atoms with E-state index in [1.807, 2.05) is 13.0 Å². The number of allylic oxidation sites excluding steroid dienone is 8. The molecule has 0 aromatic carbocycles. The standard InChI is InChI=1S/C21H23ClO5/c1-5-12(2)8-13(3)6-7-14-9-15-16(11-27-14)19(25)21(4,10-17(23)24)20(26)18(15)22/h6-9,11-12H,5,10H2,1-4H3,(H,23,24)/b7-6+,13-8+/t12?,21-/m1/s1. The number of halogens is 1. The molecule has 0 spiro atoms. The summed E-state index contributed by atoms with van der Waals surface area (Å²) in [4.78, 5) is 36.4. The van der Waals surface area contributed by atoms with Gasteiger partial charge in [0.15, 0.2) is 11.6 Å². The van der Waals surface area contributed by atoms with Crippen molar-refractivity contribution in [3.8, 4) is 0 Å². The smallest absolute Gasteiger partial charge is 0.304 e. The number of Topliss-reactive ketones (excluding diaryl/α,β-unsaturated/α-hetero) is 2. The van der Waals surface area contributed by atoms with Gasteiger partial charge in [-0.2, -0.15) is 0 Å². The second-order valence-corrected chi connectivity index (χ2v) is 7.49. The molecule has 0 saturated heterocycles. The number of ether oxygens (including phenoxy) is 1. The highest BCUT2D eigenvalue weighted by molar-refractivity contribution is 6.48. The molecule has 144 valence electrons. The Labute approximate surface area is 163 Å². The zero-order valence-electron chi connectivity index (χ0n) is 15.8. The molecule has 2 rings (SSSR count). The largest absolute Gasteiger partial charge is 0.481 e. The number of carboxylic acid groups (broad SMARTS) is 1. The van der Waals surface area contributed by atoms with Crippen LogP contribution in [0.2, 0.25) is 0 Å². The number of hydrogen-bond acceptors (Lipinski definition) is 4. The second kappa shape index (κ2) is 8.09. The number of carbonyl (C=O) groups excluding carboxylic acids is 2. The van der Waals surface area contributed by atoms with E-state index in [0.29, 0.717) is 11.7 Å². The Morgan fingerprint density at radius 1 is 1.37 bits per heavy atom. The lowest BCUT2D eigenvalue weighted by molar-refractivity contribution is -0.147. The first-order valence-electron chi connectivity index (χ1n) is 8.76. The van der Waals surface area contributed by atoms with Gasteiger partial charge in [-0.05, 0) is 31.9 Å². The molecule has 6 heteroatoms. The first-order valence-corrected chi connectivity index (χ1v) is 9.14. The molecule has 1 heterocycles. The van der Waals surface area contributed by atoms with Crippen molar-refractivity contribution in [2.24, 2.45) is 11.3 Å². The van der Waals surface area contributed by atoms with E-state index in [-0.39, 0.29) is 16.2 Å². The van der Waals surface area contributed by atoms with Crippen LogP contribution < -0.4 is 0 Å². The monoisotopic (exact) mass is 390 g/mol. The predicted molar refractivity (Wildman–Crippen MR) is 103 cm³/mol. The van der Waals surface area contributed by atoms with E-state index in [9.17, 15) is 14.4 Å². The highest BCUT2D eigenvalue weighted by Crippen LogP contribution is 2.42. The summed E-state index contributed by atoms with van der Waals surface area (Å²) in [6.07, 6.45) is 8.93. The third-order valence-corrected chi connectivity index (χ3v) is 5.15. The average molecular weight is 391 g/mol. The fourth-order valence-corrected chi connectivity index (χ4v) is 3.32. The maximum Gasteiger partial charge on any atom is 0.304 e. The molecule has 0 aromatic rings. The van der Waals surface area contributed by atoms with Gasteiger partial charge < -0.3 is 9.84 Å². The minimum atomic E-state index is -1.72. The zero-order chi connectivity index (χ0) is 20.4. The van der Waals surface area contributed by atoms with Gasteiger partial charge in [0.2, 0.25) is 0 Å². The van der Waals surface area contributed by atoms with Gasteiger partial charge in [-0.15, -0.1) is 0 Å². The summed E-state index contributed by atoms with van der Waals surface area (Å²) in [5.74, 6) is -1.63. The van der Waals surface area contributed by atoms with E-state index < -0.39 is 29.4 Å². The van der Waals surface area contributed by atoms with Gasteiger partial charge in [0, 0.05) is 5.57 Å². The third-order valence-electron chi connectivity index (χ3n) is 4.78. The summed E-state index contributed by atoms with van der Waals surface area (Å²) in [6.45, 7) is 7.51. The number of carboxylic acids is 1. The molecule has 0 fully saturated rings. The van der Waals surface area contributed by atoms with Crippen LogP contribution in [-0.4, -0.2) is 22.6 Å². The molecule has 5 nitrogen and oxygen atoms in total. The molecule has 0 saturated carbocycles. The summed E-state index contributed by atoms with van der Waals surface area (Å²) < 4.78 is 5.49. The van der Waals surface area contributed by atoms with E-state index in [2.05, 4.69) is 19.9 Å². The van der Waals surface area contributed by atoms with Crippen LogP contribution >= 0.6 is 11.6 Å². The number of fused-ring (bicyclic) bond motifs is 1. The van der Waals surface area contributed by atoms with Crippen molar-refractivity contribution in [3.05, 3.63) is 58.1 Å². The van der Waals surface area contributed by atoms with Crippen LogP contribution in [0.1, 0.15) is 40.5 Å². The Morgan fingerprint density at radius 2 is 2.04 bits per heavy atom. The quantitative estimate of drug-likeness (QED) is 0.535. The maximum absolute atomic E-state index is 12.7.